The summed E-state index contributed by atoms with van der Waals surface area (Å²) in [6.07, 6.45) is -2.08. The van der Waals surface area contributed by atoms with Gasteiger partial charge in [-0.2, -0.15) is 13.2 Å². The van der Waals surface area contributed by atoms with E-state index in [4.69, 9.17) is 5.73 Å². The lowest BCUT2D eigenvalue weighted by Gasteiger charge is -2.26. The number of carbonyl (C=O) groups is 1. The normalized spacial score (nSPS) is 12.9. The Kier molecular flexibility index (Phi) is 5.74. The van der Waals surface area contributed by atoms with Crippen LogP contribution in [0.3, 0.4) is 0 Å². The summed E-state index contributed by atoms with van der Waals surface area (Å²) in [6, 6.07) is 12.7. The molecule has 0 radical (unpaired) electrons. The maximum atomic E-state index is 13.2. The zero-order valence-electron chi connectivity index (χ0n) is 15.5. The first-order valence-electron chi connectivity index (χ1n) is 8.97. The molecule has 0 saturated heterocycles. The van der Waals surface area contributed by atoms with Gasteiger partial charge in [0, 0.05) is 43.2 Å². The molecule has 0 spiro atoms. The van der Waals surface area contributed by atoms with Gasteiger partial charge >= 0.3 is 6.18 Å². The maximum absolute atomic E-state index is 13.2. The number of nitrogens with zero attached hydrogens (tertiary/aromatic N) is 1. The molecule has 0 saturated carbocycles. The van der Waals surface area contributed by atoms with E-state index >= 15 is 0 Å². The van der Waals surface area contributed by atoms with Gasteiger partial charge in [0.2, 0.25) is 5.91 Å². The molecule has 1 atom stereocenters. The Bertz CT molecular complexity index is 965. The van der Waals surface area contributed by atoms with Crippen LogP contribution in [0.5, 0.6) is 0 Å². The molecule has 0 aliphatic rings. The van der Waals surface area contributed by atoms with Gasteiger partial charge in [-0.3, -0.25) is 4.79 Å². The van der Waals surface area contributed by atoms with Crippen molar-refractivity contribution >= 4 is 16.8 Å². The minimum atomic E-state index is -4.47. The van der Waals surface area contributed by atoms with Gasteiger partial charge in [-0.1, -0.05) is 36.4 Å². The Balaban J connectivity index is 1.74. The van der Waals surface area contributed by atoms with E-state index in [1.54, 1.807) is 0 Å². The molecule has 1 aromatic heterocycles. The fraction of sp³-hybridized carbons (Fsp3) is 0.286. The lowest BCUT2D eigenvalue weighted by atomic mass is 10.0. The quantitative estimate of drug-likeness (QED) is 0.667. The molecule has 2 aromatic carbocycles. The van der Waals surface area contributed by atoms with Gasteiger partial charge in [-0.25, -0.2) is 0 Å². The first-order valence-corrected chi connectivity index (χ1v) is 8.97. The summed E-state index contributed by atoms with van der Waals surface area (Å²) in [5.41, 5.74) is 7.58. The van der Waals surface area contributed by atoms with Crippen LogP contribution in [0.1, 0.15) is 23.6 Å². The zero-order chi connectivity index (χ0) is 20.3. The Morgan fingerprint density at radius 3 is 2.50 bits per heavy atom. The van der Waals surface area contributed by atoms with E-state index in [-0.39, 0.29) is 24.6 Å². The van der Waals surface area contributed by atoms with Crippen LogP contribution in [0.15, 0.2) is 54.7 Å². The molecule has 28 heavy (non-hydrogen) atoms. The lowest BCUT2D eigenvalue weighted by molar-refractivity contribution is -0.139. The Hall–Kier alpha value is -2.80. The second-order valence-electron chi connectivity index (χ2n) is 6.88. The number of carbonyl (C=O) groups excluding carboxylic acids is 1. The molecular formula is C21H22F3N3O. The number of nitrogens with two attached hydrogens (primary N) is 1. The number of nitrogens with one attached hydrogen (secondary N) is 1. The third-order valence-electron chi connectivity index (χ3n) is 4.74. The van der Waals surface area contributed by atoms with E-state index in [1.807, 2.05) is 30.5 Å². The molecule has 4 nitrogen and oxygen atoms in total. The van der Waals surface area contributed by atoms with Crippen LogP contribution >= 0.6 is 0 Å². The van der Waals surface area contributed by atoms with Crippen LogP contribution < -0.4 is 5.73 Å². The SMILES string of the molecule is CC(=O)N(Cc1ccccc1C(F)(F)F)CC(N)Cc1c[nH]c2ccccc12. The zero-order valence-corrected chi connectivity index (χ0v) is 15.5. The number of alkyl halides is 3. The molecule has 3 N–H and O–H groups in total. The second-order valence-corrected chi connectivity index (χ2v) is 6.88. The molecule has 1 amide bonds. The first-order chi connectivity index (χ1) is 13.3. The number of aromatic amines is 1. The van der Waals surface area contributed by atoms with Crippen molar-refractivity contribution in [2.24, 2.45) is 5.73 Å². The number of hydrogen-bond donors (Lipinski definition) is 2. The van der Waals surface area contributed by atoms with Gasteiger partial charge in [0.1, 0.15) is 0 Å². The van der Waals surface area contributed by atoms with Crippen LogP contribution in [-0.4, -0.2) is 28.4 Å². The molecule has 0 aliphatic heterocycles. The molecule has 0 aliphatic carbocycles. The van der Waals surface area contributed by atoms with Crippen molar-refractivity contribution in [3.8, 4) is 0 Å². The number of para-hydroxylation sites is 1. The molecule has 148 valence electrons. The maximum Gasteiger partial charge on any atom is 0.416 e. The monoisotopic (exact) mass is 389 g/mol. The first kappa shape index (κ1) is 19.9. The Labute approximate surface area is 161 Å². The van der Waals surface area contributed by atoms with Crippen molar-refractivity contribution in [2.75, 3.05) is 6.54 Å². The van der Waals surface area contributed by atoms with Gasteiger partial charge in [0.05, 0.1) is 5.56 Å². The number of rotatable bonds is 6. The number of H-pyrrole nitrogens is 1. The van der Waals surface area contributed by atoms with E-state index in [9.17, 15) is 18.0 Å². The second kappa shape index (κ2) is 8.06. The number of fused-ring (bicyclic) bond motifs is 1. The summed E-state index contributed by atoms with van der Waals surface area (Å²) in [7, 11) is 0. The van der Waals surface area contributed by atoms with Crippen molar-refractivity contribution in [3.05, 3.63) is 71.4 Å². The van der Waals surface area contributed by atoms with Gasteiger partial charge < -0.3 is 15.6 Å². The number of hydrogen-bond acceptors (Lipinski definition) is 2. The van der Waals surface area contributed by atoms with Gasteiger partial charge in [0.15, 0.2) is 0 Å². The minimum Gasteiger partial charge on any atom is -0.361 e. The van der Waals surface area contributed by atoms with Crippen LogP contribution in [0, 0.1) is 0 Å². The van der Waals surface area contributed by atoms with Crippen molar-refractivity contribution in [3.63, 3.8) is 0 Å². The van der Waals surface area contributed by atoms with E-state index in [0.717, 1.165) is 22.5 Å². The van der Waals surface area contributed by atoms with E-state index in [1.165, 1.54) is 30.0 Å². The number of amides is 1. The highest BCUT2D eigenvalue weighted by molar-refractivity contribution is 5.83. The van der Waals surface area contributed by atoms with Gasteiger partial charge in [-0.15, -0.1) is 0 Å². The summed E-state index contributed by atoms with van der Waals surface area (Å²) in [5.74, 6) is -0.314. The number of benzene rings is 2. The molecule has 3 rings (SSSR count). The van der Waals surface area contributed by atoms with Crippen molar-refractivity contribution in [1.82, 2.24) is 9.88 Å². The molecular weight excluding hydrogens is 367 g/mol. The van der Waals surface area contributed by atoms with Crippen molar-refractivity contribution < 1.29 is 18.0 Å². The summed E-state index contributed by atoms with van der Waals surface area (Å²) >= 11 is 0. The van der Waals surface area contributed by atoms with Crippen LogP contribution in [0.2, 0.25) is 0 Å². The Morgan fingerprint density at radius 2 is 1.79 bits per heavy atom. The fourth-order valence-electron chi connectivity index (χ4n) is 3.38. The Morgan fingerprint density at radius 1 is 1.11 bits per heavy atom. The molecule has 7 heteroatoms. The molecule has 0 bridgehead atoms. The lowest BCUT2D eigenvalue weighted by Crippen LogP contribution is -2.41. The summed E-state index contributed by atoms with van der Waals surface area (Å²) < 4.78 is 39.7. The number of aromatic nitrogens is 1. The molecule has 3 aromatic rings. The average molecular weight is 389 g/mol. The summed E-state index contributed by atoms with van der Waals surface area (Å²) in [6.45, 7) is 1.38. The highest BCUT2D eigenvalue weighted by Crippen LogP contribution is 2.32. The molecule has 1 heterocycles. The van der Waals surface area contributed by atoms with Crippen LogP contribution in [0.25, 0.3) is 10.9 Å². The van der Waals surface area contributed by atoms with Crippen molar-refractivity contribution in [1.29, 1.82) is 0 Å². The number of halogens is 3. The van der Waals surface area contributed by atoms with Gasteiger partial charge in [0.25, 0.3) is 0 Å². The van der Waals surface area contributed by atoms with Crippen LogP contribution in [-0.2, 0) is 23.9 Å². The summed E-state index contributed by atoms with van der Waals surface area (Å²) in [5, 5.41) is 1.05. The smallest absolute Gasteiger partial charge is 0.361 e. The molecule has 0 fully saturated rings. The summed E-state index contributed by atoms with van der Waals surface area (Å²) in [4.78, 5) is 16.6. The predicted molar refractivity (Wildman–Crippen MR) is 103 cm³/mol. The largest absolute Gasteiger partial charge is 0.416 e. The average Bonchev–Trinajstić information content (AvgIpc) is 3.03. The van der Waals surface area contributed by atoms with Gasteiger partial charge in [-0.05, 0) is 29.7 Å². The third kappa shape index (κ3) is 4.54. The topological polar surface area (TPSA) is 62.1 Å². The minimum absolute atomic E-state index is 0.0597. The molecule has 1 unspecified atom stereocenters. The predicted octanol–water partition coefficient (Wildman–Crippen LogP) is 4.11. The van der Waals surface area contributed by atoms with Crippen LogP contribution in [0.4, 0.5) is 13.2 Å². The van der Waals surface area contributed by atoms with Crippen molar-refractivity contribution in [2.45, 2.75) is 32.1 Å². The van der Waals surface area contributed by atoms with E-state index in [2.05, 4.69) is 4.98 Å². The highest BCUT2D eigenvalue weighted by Gasteiger charge is 2.33. The third-order valence-corrected chi connectivity index (χ3v) is 4.74. The van der Waals surface area contributed by atoms with E-state index in [0.29, 0.717) is 6.42 Å². The standard InChI is InChI=1S/C21H22F3N3O/c1-14(28)27(12-15-6-2-4-8-19(15)21(22,23)24)13-17(25)10-16-11-26-20-9-5-3-7-18(16)20/h2-9,11,17,26H,10,12-13,25H2,1H3. The van der Waals surface area contributed by atoms with E-state index < -0.39 is 17.8 Å². The fourth-order valence-corrected chi connectivity index (χ4v) is 3.38. The highest BCUT2D eigenvalue weighted by atomic mass is 19.4.